The topological polar surface area (TPSA) is 44.4 Å². The Labute approximate surface area is 180 Å². The van der Waals surface area contributed by atoms with Gasteiger partial charge in [-0.25, -0.2) is 4.39 Å². The van der Waals surface area contributed by atoms with E-state index in [0.29, 0.717) is 18.7 Å². The quantitative estimate of drug-likeness (QED) is 0.410. The lowest BCUT2D eigenvalue weighted by atomic mass is 9.96. The first-order valence-corrected chi connectivity index (χ1v) is 13.5. The molecule has 2 N–H and O–H groups in total. The Morgan fingerprint density at radius 3 is 2.53 bits per heavy atom. The maximum atomic E-state index is 13.5. The fourth-order valence-electron chi connectivity index (χ4n) is 3.44. The van der Waals surface area contributed by atoms with E-state index >= 15 is 0 Å². The number of nitrogens with one attached hydrogen (secondary N) is 2. The molecule has 30 heavy (non-hydrogen) atoms. The number of rotatable bonds is 9. The molecule has 1 heterocycles. The number of alkyl halides is 3. The number of carbonyl (C=O) groups is 1. The lowest BCUT2D eigenvalue weighted by Gasteiger charge is -2.32. The average Bonchev–Trinajstić information content (AvgIpc) is 3.50. The van der Waals surface area contributed by atoms with E-state index in [1.54, 1.807) is 0 Å². The van der Waals surface area contributed by atoms with Crippen LogP contribution in [0.1, 0.15) is 41.6 Å². The van der Waals surface area contributed by atoms with Gasteiger partial charge in [-0.2, -0.15) is 13.2 Å². The second kappa shape index (κ2) is 10.6. The van der Waals surface area contributed by atoms with Gasteiger partial charge in [0.25, 0.3) is 5.91 Å². The summed E-state index contributed by atoms with van der Waals surface area (Å²) in [6.45, 7) is 6.52. The molecule has 2 aliphatic rings. The van der Waals surface area contributed by atoms with Gasteiger partial charge in [-0.15, -0.1) is 11.4 Å². The lowest BCUT2D eigenvalue weighted by molar-refractivity contribution is -0.137. The zero-order chi connectivity index (χ0) is 21.7. The zero-order valence-electron chi connectivity index (χ0n) is 17.0. The zero-order valence-corrected chi connectivity index (χ0v) is 18.7. The first kappa shape index (κ1) is 23.8. The molecule has 2 fully saturated rings. The molecule has 1 aromatic rings. The Hall–Kier alpha value is -0.890. The van der Waals surface area contributed by atoms with Gasteiger partial charge in [0.05, 0.1) is 5.56 Å². The molecule has 0 aromatic heterocycles. The monoisotopic (exact) mass is 465 g/mol. The Morgan fingerprint density at radius 2 is 1.90 bits per heavy atom. The summed E-state index contributed by atoms with van der Waals surface area (Å²) in [5, 5.41) is 7.14. The van der Waals surface area contributed by atoms with E-state index in [4.69, 9.17) is 0 Å². The molecule has 4 nitrogen and oxygen atoms in total. The van der Waals surface area contributed by atoms with Crippen molar-refractivity contribution in [1.82, 2.24) is 15.3 Å². The van der Waals surface area contributed by atoms with Crippen LogP contribution in [0.3, 0.4) is 0 Å². The highest BCUT2D eigenvalue weighted by molar-refractivity contribution is 8.55. The van der Waals surface area contributed by atoms with E-state index < -0.39 is 23.5 Å². The summed E-state index contributed by atoms with van der Waals surface area (Å²) >= 11 is 2.07. The van der Waals surface area contributed by atoms with Gasteiger partial charge in [-0.1, -0.05) is 0 Å². The summed E-state index contributed by atoms with van der Waals surface area (Å²) in [5.41, 5.74) is -1.45. The van der Waals surface area contributed by atoms with Crippen LogP contribution in [0.4, 0.5) is 17.6 Å². The predicted octanol–water partition coefficient (Wildman–Crippen LogP) is 4.71. The molecule has 3 rings (SSSR count). The van der Waals surface area contributed by atoms with Crippen molar-refractivity contribution in [3.05, 3.63) is 35.1 Å². The third kappa shape index (κ3) is 7.66. The smallest absolute Gasteiger partial charge is 0.352 e. The fraction of sp³-hybridized carbons (Fsp3) is 0.650. The summed E-state index contributed by atoms with van der Waals surface area (Å²) in [6, 6.07) is 1.93. The van der Waals surface area contributed by atoms with Crippen LogP contribution in [0.2, 0.25) is 0 Å². The van der Waals surface area contributed by atoms with Gasteiger partial charge in [0.2, 0.25) is 0 Å². The molecule has 1 saturated carbocycles. The normalized spacial score (nSPS) is 19.6. The van der Waals surface area contributed by atoms with Crippen LogP contribution in [0.15, 0.2) is 18.2 Å². The van der Waals surface area contributed by atoms with Crippen LogP contribution in [-0.2, 0) is 6.18 Å². The Kier molecular flexibility index (Phi) is 8.41. The van der Waals surface area contributed by atoms with E-state index in [-0.39, 0.29) is 18.8 Å². The molecule has 1 amide bonds. The van der Waals surface area contributed by atoms with Crippen molar-refractivity contribution >= 4 is 24.6 Å². The van der Waals surface area contributed by atoms with Crippen molar-refractivity contribution in [3.8, 4) is 0 Å². The first-order valence-electron chi connectivity index (χ1n) is 10.2. The molecule has 1 atom stereocenters. The predicted molar refractivity (Wildman–Crippen MR) is 114 cm³/mol. The summed E-state index contributed by atoms with van der Waals surface area (Å²) < 4.78 is 51.9. The standard InChI is InChI=1S/C20H28F4N3OPS/c1-29(30-18-2-3-18)26-6-9-27-7-4-14(5-8-27)13-25-19(28)15-10-16(20(22,23)24)12-17(21)11-15/h10-12,14,18,26H,2-9,13H2,1H3,(H,25,28). The largest absolute Gasteiger partial charge is 0.416 e. The molecule has 1 saturated heterocycles. The van der Waals surface area contributed by atoms with Gasteiger partial charge in [0.1, 0.15) is 5.82 Å². The van der Waals surface area contributed by atoms with Gasteiger partial charge in [-0.3, -0.25) is 9.88 Å². The number of carbonyl (C=O) groups excluding carboxylic acids is 1. The molecule has 10 heteroatoms. The Bertz CT molecular complexity index is 724. The second-order valence-corrected chi connectivity index (χ2v) is 12.4. The number of piperidine rings is 1. The van der Waals surface area contributed by atoms with Crippen LogP contribution < -0.4 is 10.4 Å². The summed E-state index contributed by atoms with van der Waals surface area (Å²) in [6.07, 6.45) is -0.129. The molecular weight excluding hydrogens is 437 g/mol. The highest BCUT2D eigenvalue weighted by Gasteiger charge is 2.32. The van der Waals surface area contributed by atoms with E-state index in [9.17, 15) is 22.4 Å². The molecule has 1 aliphatic carbocycles. The molecule has 0 bridgehead atoms. The third-order valence-electron chi connectivity index (χ3n) is 5.34. The maximum absolute atomic E-state index is 13.5. The SMILES string of the molecule is CP(NCCN1CCC(CNC(=O)c2cc(F)cc(C(F)(F)F)c2)CC1)SC1CC1. The van der Waals surface area contributed by atoms with Crippen molar-refractivity contribution in [2.45, 2.75) is 37.1 Å². The molecular formula is C20H28F4N3OPS. The van der Waals surface area contributed by atoms with E-state index in [1.165, 1.54) is 12.8 Å². The van der Waals surface area contributed by atoms with Crippen LogP contribution in [0, 0.1) is 11.7 Å². The number of hydrogen-bond acceptors (Lipinski definition) is 4. The van der Waals surface area contributed by atoms with Gasteiger partial charge in [-0.05, 0) is 69.6 Å². The van der Waals surface area contributed by atoms with Crippen molar-refractivity contribution in [3.63, 3.8) is 0 Å². The molecule has 1 aromatic carbocycles. The van der Waals surface area contributed by atoms with Gasteiger partial charge in [0.15, 0.2) is 0 Å². The molecule has 0 radical (unpaired) electrons. The van der Waals surface area contributed by atoms with Gasteiger partial charge in [0, 0.05) is 37.7 Å². The number of hydrogen-bond donors (Lipinski definition) is 2. The molecule has 0 spiro atoms. The number of likely N-dealkylation sites (tertiary alicyclic amines) is 1. The minimum atomic E-state index is -4.69. The molecule has 1 aliphatic heterocycles. The highest BCUT2D eigenvalue weighted by Crippen LogP contribution is 2.52. The average molecular weight is 465 g/mol. The van der Waals surface area contributed by atoms with E-state index in [0.717, 1.165) is 50.3 Å². The summed E-state index contributed by atoms with van der Waals surface area (Å²) in [7, 11) is -0.145. The Morgan fingerprint density at radius 1 is 1.20 bits per heavy atom. The van der Waals surface area contributed by atoms with Crippen LogP contribution >= 0.6 is 18.7 Å². The number of amides is 1. The Balaban J connectivity index is 1.36. The van der Waals surface area contributed by atoms with Crippen LogP contribution in [0.25, 0.3) is 0 Å². The minimum Gasteiger partial charge on any atom is -0.352 e. The maximum Gasteiger partial charge on any atom is 0.416 e. The van der Waals surface area contributed by atoms with Crippen LogP contribution in [-0.4, -0.2) is 55.4 Å². The first-order chi connectivity index (χ1) is 14.2. The van der Waals surface area contributed by atoms with Gasteiger partial charge >= 0.3 is 6.18 Å². The molecule has 168 valence electrons. The third-order valence-corrected chi connectivity index (χ3v) is 9.32. The van der Waals surface area contributed by atoms with Crippen molar-refractivity contribution < 1.29 is 22.4 Å². The number of nitrogens with zero attached hydrogens (tertiary/aromatic N) is 1. The van der Waals surface area contributed by atoms with Crippen molar-refractivity contribution in [2.24, 2.45) is 5.92 Å². The van der Waals surface area contributed by atoms with Crippen molar-refractivity contribution in [2.75, 3.05) is 39.4 Å². The molecule has 1 unspecified atom stereocenters. The second-order valence-electron chi connectivity index (χ2n) is 7.93. The minimum absolute atomic E-state index is 0.145. The summed E-state index contributed by atoms with van der Waals surface area (Å²) in [5.74, 6) is -1.46. The number of benzene rings is 1. The van der Waals surface area contributed by atoms with E-state index in [1.807, 2.05) is 0 Å². The van der Waals surface area contributed by atoms with Crippen LogP contribution in [0.5, 0.6) is 0 Å². The number of halogens is 4. The van der Waals surface area contributed by atoms with E-state index in [2.05, 4.69) is 33.4 Å². The summed E-state index contributed by atoms with van der Waals surface area (Å²) in [4.78, 5) is 14.6. The van der Waals surface area contributed by atoms with Gasteiger partial charge < -0.3 is 10.2 Å². The highest BCUT2D eigenvalue weighted by atomic mass is 32.7. The van der Waals surface area contributed by atoms with Crippen molar-refractivity contribution in [1.29, 1.82) is 0 Å². The fourth-order valence-corrected chi connectivity index (χ4v) is 7.19. The lowest BCUT2D eigenvalue weighted by Crippen LogP contribution is -2.40.